The number of aliphatic hydroxyl groups excluding tert-OH is 1. The van der Waals surface area contributed by atoms with Gasteiger partial charge in [-0.25, -0.2) is 0 Å². The van der Waals surface area contributed by atoms with Gasteiger partial charge < -0.3 is 14.6 Å². The van der Waals surface area contributed by atoms with Crippen LogP contribution in [-0.2, 0) is 28.7 Å². The number of aliphatic hydroxyl groups is 1. The molecule has 4 aliphatic carbocycles. The fourth-order valence-corrected chi connectivity index (χ4v) is 10.7. The van der Waals surface area contributed by atoms with Gasteiger partial charge in [0.15, 0.2) is 11.6 Å². The molecule has 0 heterocycles. The lowest BCUT2D eigenvalue weighted by Crippen LogP contribution is -2.56. The highest BCUT2D eigenvalue weighted by molar-refractivity contribution is 14.1. The largest absolute Gasteiger partial charge is 0.466 e. The van der Waals surface area contributed by atoms with Crippen LogP contribution in [0.25, 0.3) is 0 Å². The first-order chi connectivity index (χ1) is 24.0. The molecule has 4 aliphatic rings. The monoisotopic (exact) mass is 806 g/mol. The molecule has 7 nitrogen and oxygen atoms in total. The SMILES string of the molecule is C[C@@H]1CC2[C@@H]3CCC4=CC(=O)C=C[C@]4(C)[C@H]3[C@@H](O)C[C@]2(C)[C@H]1C(=O)COC(=O)CCC(=O)OCCCCCCCC/C=C\CCCCCCI. The van der Waals surface area contributed by atoms with E-state index in [4.69, 9.17) is 9.47 Å². The molecule has 0 radical (unpaired) electrons. The minimum absolute atomic E-state index is 0.0143. The number of rotatable bonds is 21. The molecular weight excluding hydrogens is 743 g/mol. The van der Waals surface area contributed by atoms with E-state index in [1.165, 1.54) is 55.8 Å². The second-order valence-electron chi connectivity index (χ2n) is 16.1. The molecule has 4 rings (SSSR count). The number of unbranched alkanes of at least 4 members (excludes halogenated alkanes) is 10. The molecule has 3 fully saturated rings. The lowest BCUT2D eigenvalue weighted by molar-refractivity contribution is -0.156. The molecular formula is C42H63IO7. The third-order valence-corrected chi connectivity index (χ3v) is 13.3. The Morgan fingerprint density at radius 1 is 0.920 bits per heavy atom. The van der Waals surface area contributed by atoms with Crippen molar-refractivity contribution < 1.29 is 33.8 Å². The molecule has 0 spiro atoms. The van der Waals surface area contributed by atoms with E-state index < -0.39 is 18.0 Å². The van der Waals surface area contributed by atoms with E-state index >= 15 is 0 Å². The summed E-state index contributed by atoms with van der Waals surface area (Å²) in [5.74, 6) is -0.701. The Morgan fingerprint density at radius 3 is 2.22 bits per heavy atom. The Hall–Kier alpha value is -1.81. The van der Waals surface area contributed by atoms with Crippen LogP contribution in [0.3, 0.4) is 0 Å². The summed E-state index contributed by atoms with van der Waals surface area (Å²) in [6.07, 6.45) is 26.8. The van der Waals surface area contributed by atoms with Gasteiger partial charge in [0.2, 0.25) is 0 Å². The summed E-state index contributed by atoms with van der Waals surface area (Å²) in [6.45, 7) is 6.47. The van der Waals surface area contributed by atoms with Crippen LogP contribution >= 0.6 is 22.6 Å². The van der Waals surface area contributed by atoms with Crippen molar-refractivity contribution in [1.29, 1.82) is 0 Å². The second kappa shape index (κ2) is 19.9. The second-order valence-corrected chi connectivity index (χ2v) is 17.2. The minimum Gasteiger partial charge on any atom is -0.466 e. The fourth-order valence-electron chi connectivity index (χ4n) is 10.2. The summed E-state index contributed by atoms with van der Waals surface area (Å²) in [4.78, 5) is 50.4. The van der Waals surface area contributed by atoms with Crippen molar-refractivity contribution >= 4 is 46.1 Å². The highest BCUT2D eigenvalue weighted by Gasteiger charge is 2.64. The van der Waals surface area contributed by atoms with Crippen molar-refractivity contribution in [2.75, 3.05) is 17.6 Å². The third kappa shape index (κ3) is 10.6. The topological polar surface area (TPSA) is 107 Å². The van der Waals surface area contributed by atoms with E-state index in [1.54, 1.807) is 12.2 Å². The molecule has 0 aromatic rings. The van der Waals surface area contributed by atoms with Gasteiger partial charge in [0, 0.05) is 17.3 Å². The zero-order valence-corrected chi connectivity index (χ0v) is 33.1. The first kappa shape index (κ1) is 41.0. The summed E-state index contributed by atoms with van der Waals surface area (Å²) in [5.41, 5.74) is 0.388. The molecule has 0 aromatic carbocycles. The van der Waals surface area contributed by atoms with Crippen molar-refractivity contribution in [2.24, 2.45) is 40.4 Å². The van der Waals surface area contributed by atoms with Gasteiger partial charge in [0.25, 0.3) is 0 Å². The maximum Gasteiger partial charge on any atom is 0.306 e. The van der Waals surface area contributed by atoms with Gasteiger partial charge in [-0.3, -0.25) is 19.2 Å². The number of carbonyl (C=O) groups is 4. The lowest BCUT2D eigenvalue weighted by atomic mass is 9.46. The molecule has 0 saturated heterocycles. The molecule has 0 aliphatic heterocycles. The van der Waals surface area contributed by atoms with Crippen LogP contribution in [-0.4, -0.2) is 52.4 Å². The van der Waals surface area contributed by atoms with Gasteiger partial charge in [-0.05, 0) is 104 Å². The smallest absolute Gasteiger partial charge is 0.306 e. The predicted molar refractivity (Wildman–Crippen MR) is 206 cm³/mol. The third-order valence-electron chi connectivity index (χ3n) is 12.5. The number of hydrogen-bond acceptors (Lipinski definition) is 7. The Bertz CT molecular complexity index is 1250. The van der Waals surface area contributed by atoms with Gasteiger partial charge in [-0.1, -0.05) is 106 Å². The zero-order valence-electron chi connectivity index (χ0n) is 31.0. The van der Waals surface area contributed by atoms with E-state index in [1.807, 2.05) is 6.08 Å². The number of esters is 2. The first-order valence-electron chi connectivity index (χ1n) is 19.7. The number of alkyl halides is 1. The molecule has 1 unspecified atom stereocenters. The Labute approximate surface area is 315 Å². The molecule has 3 saturated carbocycles. The summed E-state index contributed by atoms with van der Waals surface area (Å²) in [5, 5.41) is 11.6. The van der Waals surface area contributed by atoms with Crippen LogP contribution in [0, 0.1) is 40.4 Å². The number of fused-ring (bicyclic) bond motifs is 5. The number of ketones is 2. The van der Waals surface area contributed by atoms with Gasteiger partial charge in [-0.2, -0.15) is 0 Å². The maximum absolute atomic E-state index is 13.6. The van der Waals surface area contributed by atoms with Crippen molar-refractivity contribution in [3.63, 3.8) is 0 Å². The number of allylic oxidation sites excluding steroid dienone is 6. The van der Waals surface area contributed by atoms with E-state index in [0.29, 0.717) is 13.0 Å². The molecule has 8 atom stereocenters. The summed E-state index contributed by atoms with van der Waals surface area (Å²) >= 11 is 2.45. The van der Waals surface area contributed by atoms with E-state index in [9.17, 15) is 24.3 Å². The predicted octanol–water partition coefficient (Wildman–Crippen LogP) is 9.24. The number of carbonyl (C=O) groups excluding carboxylic acids is 4. The van der Waals surface area contributed by atoms with Gasteiger partial charge in [0.05, 0.1) is 25.6 Å². The number of hydrogen-bond donors (Lipinski definition) is 1. The number of ether oxygens (including phenoxy) is 2. The van der Waals surface area contributed by atoms with Crippen molar-refractivity contribution in [1.82, 2.24) is 0 Å². The van der Waals surface area contributed by atoms with Crippen LogP contribution in [0.15, 0.2) is 36.0 Å². The normalized spacial score (nSPS) is 31.5. The Morgan fingerprint density at radius 2 is 1.54 bits per heavy atom. The van der Waals surface area contributed by atoms with Gasteiger partial charge in [0.1, 0.15) is 6.61 Å². The van der Waals surface area contributed by atoms with Crippen LogP contribution in [0.2, 0.25) is 0 Å². The van der Waals surface area contributed by atoms with E-state index in [2.05, 4.69) is 55.5 Å². The maximum atomic E-state index is 13.6. The number of Topliss-reactive ketones (excluding diaryl/α,β-unsaturated/α-hetero) is 1. The summed E-state index contributed by atoms with van der Waals surface area (Å²) < 4.78 is 12.0. The fraction of sp³-hybridized carbons (Fsp3) is 0.762. The average Bonchev–Trinajstić information content (AvgIpc) is 3.35. The van der Waals surface area contributed by atoms with Crippen LogP contribution in [0.4, 0.5) is 0 Å². The van der Waals surface area contributed by atoms with Crippen molar-refractivity contribution in [3.8, 4) is 0 Å². The quantitative estimate of drug-likeness (QED) is 0.0405. The molecule has 0 amide bonds. The summed E-state index contributed by atoms with van der Waals surface area (Å²) in [7, 11) is 0. The van der Waals surface area contributed by atoms with Crippen LogP contribution < -0.4 is 0 Å². The standard InChI is InChI=1S/C42H63IO7/c1-30-26-34-33-19-18-31-27-32(44)22-23-41(31,2)40(33)35(45)28-42(34,3)39(30)36(46)29-50-38(48)21-20-37(47)49-25-17-15-13-11-9-7-5-4-6-8-10-12-14-16-24-43/h4,6,22-23,27,30,33-35,39-40,45H,5,7-21,24-26,28-29H2,1-3H3/b6-4-/t30-,33+,34?,35+,39-,40-,41+,42+/m1/s1. The zero-order chi connectivity index (χ0) is 36.1. The molecule has 1 N–H and O–H groups in total. The summed E-state index contributed by atoms with van der Waals surface area (Å²) in [6, 6.07) is 0. The molecule has 0 aromatic heterocycles. The van der Waals surface area contributed by atoms with Crippen LogP contribution in [0.5, 0.6) is 0 Å². The van der Waals surface area contributed by atoms with Crippen molar-refractivity contribution in [3.05, 3.63) is 36.0 Å². The molecule has 0 bridgehead atoms. The minimum atomic E-state index is -0.589. The van der Waals surface area contributed by atoms with Crippen LogP contribution in [0.1, 0.15) is 136 Å². The average molecular weight is 807 g/mol. The Kier molecular flexibility index (Phi) is 16.3. The molecule has 280 valence electrons. The first-order valence-corrected chi connectivity index (χ1v) is 21.2. The lowest BCUT2D eigenvalue weighted by Gasteiger charge is -2.58. The van der Waals surface area contributed by atoms with Gasteiger partial charge in [-0.15, -0.1) is 0 Å². The Balaban J connectivity index is 1.08. The van der Waals surface area contributed by atoms with Gasteiger partial charge >= 0.3 is 11.9 Å². The highest BCUT2D eigenvalue weighted by atomic mass is 127. The van der Waals surface area contributed by atoms with Crippen molar-refractivity contribution in [2.45, 2.75) is 142 Å². The number of halogens is 1. The highest BCUT2D eigenvalue weighted by Crippen LogP contribution is 2.67. The van der Waals surface area contributed by atoms with E-state index in [0.717, 1.165) is 50.5 Å². The van der Waals surface area contributed by atoms with E-state index in [-0.39, 0.29) is 71.4 Å². The molecule has 50 heavy (non-hydrogen) atoms. The molecule has 8 heteroatoms.